The third-order valence-electron chi connectivity index (χ3n) is 5.46. The van der Waals surface area contributed by atoms with Crippen LogP contribution < -0.4 is 15.5 Å². The molecule has 0 radical (unpaired) electrons. The normalized spacial score (nSPS) is 13.6. The number of thiophene rings is 1. The monoisotopic (exact) mass is 419 g/mol. The number of aryl methyl sites for hydroxylation is 2. The predicted octanol–water partition coefficient (Wildman–Crippen LogP) is 4.22. The van der Waals surface area contributed by atoms with Gasteiger partial charge in [0.2, 0.25) is 0 Å². The van der Waals surface area contributed by atoms with Crippen molar-refractivity contribution in [2.45, 2.75) is 26.3 Å². The van der Waals surface area contributed by atoms with Gasteiger partial charge in [-0.05, 0) is 55.0 Å². The summed E-state index contributed by atoms with van der Waals surface area (Å²) in [4.78, 5) is 28.4. The third kappa shape index (κ3) is 4.24. The molecule has 0 bridgehead atoms. The summed E-state index contributed by atoms with van der Waals surface area (Å²) < 4.78 is 0. The first-order valence-electron chi connectivity index (χ1n) is 10.1. The molecule has 1 aromatic heterocycles. The highest BCUT2D eigenvalue weighted by atomic mass is 32.1. The number of carbonyl (C=O) groups excluding carboxylic acids is 2. The minimum Gasteiger partial charge on any atom is -0.361 e. The fourth-order valence-electron chi connectivity index (χ4n) is 3.94. The molecule has 0 saturated heterocycles. The zero-order valence-electron chi connectivity index (χ0n) is 17.1. The Bertz CT molecular complexity index is 1060. The number of fused-ring (bicyclic) bond motifs is 1. The molecule has 3 aromatic rings. The highest BCUT2D eigenvalue weighted by Crippen LogP contribution is 2.36. The lowest BCUT2D eigenvalue weighted by Gasteiger charge is -2.30. The molecular weight excluding hydrogens is 394 g/mol. The molecule has 1 aliphatic heterocycles. The Balaban J connectivity index is 1.45. The van der Waals surface area contributed by atoms with Gasteiger partial charge >= 0.3 is 11.8 Å². The summed E-state index contributed by atoms with van der Waals surface area (Å²) in [5, 5.41) is 7.60. The highest BCUT2D eigenvalue weighted by Gasteiger charge is 2.28. The van der Waals surface area contributed by atoms with Crippen LogP contribution in [0.5, 0.6) is 0 Å². The Kier molecular flexibility index (Phi) is 5.86. The number of hydrogen-bond donors (Lipinski definition) is 2. The molecule has 4 rings (SSSR count). The number of anilines is 2. The first-order chi connectivity index (χ1) is 14.5. The van der Waals surface area contributed by atoms with E-state index in [2.05, 4.69) is 39.8 Å². The van der Waals surface area contributed by atoms with Crippen LogP contribution in [0.15, 0.2) is 60.0 Å². The second-order valence-electron chi connectivity index (χ2n) is 7.59. The number of amides is 2. The third-order valence-corrected chi connectivity index (χ3v) is 6.44. The Labute approximate surface area is 180 Å². The van der Waals surface area contributed by atoms with Gasteiger partial charge in [0, 0.05) is 29.3 Å². The zero-order chi connectivity index (χ0) is 21.1. The molecule has 1 atom stereocenters. The van der Waals surface area contributed by atoms with E-state index in [1.807, 2.05) is 49.6 Å². The summed E-state index contributed by atoms with van der Waals surface area (Å²) in [6.45, 7) is 5.17. The number of nitrogens with zero attached hydrogens (tertiary/aromatic N) is 1. The van der Waals surface area contributed by atoms with Gasteiger partial charge in [0.1, 0.15) is 0 Å². The van der Waals surface area contributed by atoms with Crippen LogP contribution in [-0.4, -0.2) is 24.9 Å². The highest BCUT2D eigenvalue weighted by molar-refractivity contribution is 7.10. The van der Waals surface area contributed by atoms with E-state index in [9.17, 15) is 9.59 Å². The second kappa shape index (κ2) is 8.71. The summed E-state index contributed by atoms with van der Waals surface area (Å²) in [5.41, 5.74) is 5.22. The number of carbonyl (C=O) groups is 2. The van der Waals surface area contributed by atoms with Crippen LogP contribution in [0.4, 0.5) is 11.4 Å². The maximum Gasteiger partial charge on any atom is 0.313 e. The van der Waals surface area contributed by atoms with Gasteiger partial charge in [0.25, 0.3) is 0 Å². The van der Waals surface area contributed by atoms with Crippen LogP contribution in [0.1, 0.15) is 27.6 Å². The molecule has 2 amide bonds. The smallest absolute Gasteiger partial charge is 0.313 e. The first kappa shape index (κ1) is 20.2. The van der Waals surface area contributed by atoms with Gasteiger partial charge < -0.3 is 15.5 Å². The summed E-state index contributed by atoms with van der Waals surface area (Å²) in [7, 11) is 0. The first-order valence-corrected chi connectivity index (χ1v) is 11.0. The zero-order valence-corrected chi connectivity index (χ0v) is 18.0. The average molecular weight is 420 g/mol. The number of nitrogens with one attached hydrogen (secondary N) is 2. The number of benzene rings is 2. The Morgan fingerprint density at radius 1 is 1.07 bits per heavy atom. The largest absolute Gasteiger partial charge is 0.361 e. The second-order valence-corrected chi connectivity index (χ2v) is 8.57. The van der Waals surface area contributed by atoms with Crippen molar-refractivity contribution in [2.75, 3.05) is 23.3 Å². The van der Waals surface area contributed by atoms with E-state index in [0.29, 0.717) is 12.2 Å². The van der Waals surface area contributed by atoms with Crippen molar-refractivity contribution in [2.24, 2.45) is 0 Å². The van der Waals surface area contributed by atoms with Crippen LogP contribution in [0.25, 0.3) is 0 Å². The molecular formula is C24H25N3O2S. The van der Waals surface area contributed by atoms with Crippen LogP contribution in [0.3, 0.4) is 0 Å². The predicted molar refractivity (Wildman–Crippen MR) is 122 cm³/mol. The van der Waals surface area contributed by atoms with Gasteiger partial charge in [0.15, 0.2) is 0 Å². The Hall–Kier alpha value is -3.12. The lowest BCUT2D eigenvalue weighted by Crippen LogP contribution is -2.41. The van der Waals surface area contributed by atoms with Crippen LogP contribution >= 0.6 is 11.3 Å². The van der Waals surface area contributed by atoms with Crippen LogP contribution in [0.2, 0.25) is 0 Å². The maximum absolute atomic E-state index is 12.5. The van der Waals surface area contributed by atoms with Gasteiger partial charge in [-0.15, -0.1) is 11.3 Å². The molecule has 0 saturated carbocycles. The fraction of sp³-hybridized carbons (Fsp3) is 0.250. The minimum atomic E-state index is -0.645. The van der Waals surface area contributed by atoms with Crippen LogP contribution in [0, 0.1) is 13.8 Å². The number of para-hydroxylation sites is 1. The summed E-state index contributed by atoms with van der Waals surface area (Å²) in [6.07, 6.45) is 0.985. The fourth-order valence-corrected chi connectivity index (χ4v) is 4.77. The minimum absolute atomic E-state index is 0.00786. The van der Waals surface area contributed by atoms with E-state index in [1.165, 1.54) is 16.1 Å². The summed E-state index contributed by atoms with van der Waals surface area (Å²) in [6, 6.07) is 18.2. The lowest BCUT2D eigenvalue weighted by atomic mass is 10.1. The lowest BCUT2D eigenvalue weighted by molar-refractivity contribution is -0.136. The standard InChI is InChI=1S/C24H25N3O2S/c1-16-9-10-19(17(2)14-16)26-24(29)23(28)25-15-21(22-8-5-13-30-22)27-12-11-18-6-3-4-7-20(18)27/h3-10,13-14,21H,11-12,15H2,1-2H3,(H,25,28)(H,26,29)/t21-/m0/s1. The van der Waals surface area contributed by atoms with Gasteiger partial charge in [-0.3, -0.25) is 9.59 Å². The van der Waals surface area contributed by atoms with Crippen molar-refractivity contribution in [1.82, 2.24) is 5.32 Å². The molecule has 30 heavy (non-hydrogen) atoms. The molecule has 154 valence electrons. The topological polar surface area (TPSA) is 61.4 Å². The van der Waals surface area contributed by atoms with E-state index in [0.717, 1.165) is 24.1 Å². The molecule has 0 unspecified atom stereocenters. The van der Waals surface area contributed by atoms with Crippen molar-refractivity contribution >= 4 is 34.5 Å². The van der Waals surface area contributed by atoms with Gasteiger partial charge in [0.05, 0.1) is 6.04 Å². The molecule has 5 nitrogen and oxygen atoms in total. The van der Waals surface area contributed by atoms with Crippen molar-refractivity contribution in [3.8, 4) is 0 Å². The summed E-state index contributed by atoms with van der Waals surface area (Å²) in [5.74, 6) is -1.27. The van der Waals surface area contributed by atoms with Crippen molar-refractivity contribution in [3.05, 3.63) is 81.5 Å². The van der Waals surface area contributed by atoms with Gasteiger partial charge in [-0.1, -0.05) is 42.0 Å². The van der Waals surface area contributed by atoms with Gasteiger partial charge in [-0.2, -0.15) is 0 Å². The Morgan fingerprint density at radius 3 is 2.67 bits per heavy atom. The average Bonchev–Trinajstić information content (AvgIpc) is 3.41. The molecule has 0 fully saturated rings. The Morgan fingerprint density at radius 2 is 1.90 bits per heavy atom. The molecule has 2 aromatic carbocycles. The van der Waals surface area contributed by atoms with Gasteiger partial charge in [-0.25, -0.2) is 0 Å². The van der Waals surface area contributed by atoms with Crippen molar-refractivity contribution < 1.29 is 9.59 Å². The quantitative estimate of drug-likeness (QED) is 0.609. The maximum atomic E-state index is 12.5. The van der Waals surface area contributed by atoms with E-state index < -0.39 is 11.8 Å². The molecule has 1 aliphatic rings. The van der Waals surface area contributed by atoms with E-state index in [4.69, 9.17) is 0 Å². The van der Waals surface area contributed by atoms with Crippen molar-refractivity contribution in [3.63, 3.8) is 0 Å². The van der Waals surface area contributed by atoms with E-state index in [1.54, 1.807) is 11.3 Å². The van der Waals surface area contributed by atoms with E-state index >= 15 is 0 Å². The molecule has 2 heterocycles. The van der Waals surface area contributed by atoms with Crippen LogP contribution in [-0.2, 0) is 16.0 Å². The summed E-state index contributed by atoms with van der Waals surface area (Å²) >= 11 is 1.66. The van der Waals surface area contributed by atoms with Crippen molar-refractivity contribution in [1.29, 1.82) is 0 Å². The molecule has 6 heteroatoms. The van der Waals surface area contributed by atoms with E-state index in [-0.39, 0.29) is 6.04 Å². The molecule has 0 aliphatic carbocycles. The molecule has 2 N–H and O–H groups in total. The number of rotatable bonds is 5. The SMILES string of the molecule is Cc1ccc(NC(=O)C(=O)NC[C@@H](c2cccs2)N2CCc3ccccc32)c(C)c1. The number of hydrogen-bond acceptors (Lipinski definition) is 4. The molecule has 0 spiro atoms.